The first-order valence-electron chi connectivity index (χ1n) is 9.14. The summed E-state index contributed by atoms with van der Waals surface area (Å²) in [5.74, 6) is 1.94. The van der Waals surface area contributed by atoms with E-state index in [4.69, 9.17) is 4.42 Å². The standard InChI is InChI=1S/C19H23N3O2/c1-11-17(12-6-8-22(11)9-7-12)21-18(23)14-4-5-15-16(10-14)24-19(20-15)13-2-3-13/h4-5,10-13,17H,2-3,6-9H2,1H3,(H,21,23)/t11-,17-/m0/s1. The summed E-state index contributed by atoms with van der Waals surface area (Å²) in [4.78, 5) is 19.8. The molecule has 0 unspecified atom stereocenters. The molecule has 1 N–H and O–H groups in total. The Morgan fingerprint density at radius 3 is 2.75 bits per heavy atom. The number of hydrogen-bond acceptors (Lipinski definition) is 4. The van der Waals surface area contributed by atoms with Gasteiger partial charge in [-0.1, -0.05) is 0 Å². The van der Waals surface area contributed by atoms with Gasteiger partial charge in [0.05, 0.1) is 0 Å². The molecule has 2 atom stereocenters. The maximum absolute atomic E-state index is 12.7. The van der Waals surface area contributed by atoms with E-state index in [0.717, 1.165) is 29.8 Å². The monoisotopic (exact) mass is 325 g/mol. The van der Waals surface area contributed by atoms with Crippen molar-refractivity contribution in [2.24, 2.45) is 5.92 Å². The number of carbonyl (C=O) groups excluding carboxylic acids is 1. The lowest BCUT2D eigenvalue weighted by Crippen LogP contribution is -2.62. The smallest absolute Gasteiger partial charge is 0.251 e. The van der Waals surface area contributed by atoms with Crippen LogP contribution in [-0.4, -0.2) is 41.0 Å². The molecule has 3 saturated heterocycles. The first kappa shape index (κ1) is 14.5. The van der Waals surface area contributed by atoms with E-state index in [0.29, 0.717) is 23.4 Å². The number of fused-ring (bicyclic) bond motifs is 4. The number of hydrogen-bond donors (Lipinski definition) is 1. The highest BCUT2D eigenvalue weighted by Crippen LogP contribution is 2.40. The number of benzene rings is 1. The van der Waals surface area contributed by atoms with E-state index in [-0.39, 0.29) is 11.9 Å². The van der Waals surface area contributed by atoms with Crippen molar-refractivity contribution in [3.63, 3.8) is 0 Å². The van der Waals surface area contributed by atoms with Crippen LogP contribution in [0, 0.1) is 5.92 Å². The number of amides is 1. The second-order valence-corrected chi connectivity index (χ2v) is 7.62. The van der Waals surface area contributed by atoms with Gasteiger partial charge >= 0.3 is 0 Å². The Morgan fingerprint density at radius 2 is 2.04 bits per heavy atom. The summed E-state index contributed by atoms with van der Waals surface area (Å²) < 4.78 is 5.84. The highest BCUT2D eigenvalue weighted by atomic mass is 16.3. The van der Waals surface area contributed by atoms with Crippen LogP contribution < -0.4 is 5.32 Å². The highest BCUT2D eigenvalue weighted by Gasteiger charge is 2.40. The van der Waals surface area contributed by atoms with Crippen LogP contribution in [0.25, 0.3) is 11.1 Å². The highest BCUT2D eigenvalue weighted by molar-refractivity contribution is 5.97. The molecular formula is C19H23N3O2. The molecule has 6 rings (SSSR count). The summed E-state index contributed by atoms with van der Waals surface area (Å²) in [7, 11) is 0. The van der Waals surface area contributed by atoms with Gasteiger partial charge in [0.15, 0.2) is 11.5 Å². The van der Waals surface area contributed by atoms with Crippen LogP contribution in [0.2, 0.25) is 0 Å². The van der Waals surface area contributed by atoms with Gasteiger partial charge in [-0.15, -0.1) is 0 Å². The molecule has 0 spiro atoms. The number of piperidine rings is 3. The maximum atomic E-state index is 12.7. The van der Waals surface area contributed by atoms with Gasteiger partial charge in [-0.2, -0.15) is 0 Å². The van der Waals surface area contributed by atoms with Crippen molar-refractivity contribution in [1.82, 2.24) is 15.2 Å². The summed E-state index contributed by atoms with van der Waals surface area (Å²) in [6.07, 6.45) is 4.72. The first-order valence-corrected chi connectivity index (χ1v) is 9.14. The zero-order valence-electron chi connectivity index (χ0n) is 14.0. The molecule has 5 heteroatoms. The Labute approximate surface area is 141 Å². The largest absolute Gasteiger partial charge is 0.440 e. The molecule has 24 heavy (non-hydrogen) atoms. The fraction of sp³-hybridized carbons (Fsp3) is 0.579. The molecule has 4 aliphatic rings. The number of nitrogens with zero attached hydrogens (tertiary/aromatic N) is 2. The molecular weight excluding hydrogens is 302 g/mol. The molecule has 1 aliphatic carbocycles. The number of aromatic nitrogens is 1. The van der Waals surface area contributed by atoms with E-state index in [1.165, 1.54) is 25.9 Å². The minimum Gasteiger partial charge on any atom is -0.440 e. The Kier molecular flexibility index (Phi) is 3.20. The number of carbonyl (C=O) groups is 1. The lowest BCUT2D eigenvalue weighted by atomic mass is 9.79. The van der Waals surface area contributed by atoms with Crippen molar-refractivity contribution in [2.75, 3.05) is 13.1 Å². The average Bonchev–Trinajstić information content (AvgIpc) is 3.37. The van der Waals surface area contributed by atoms with Crippen molar-refractivity contribution in [2.45, 2.75) is 50.6 Å². The van der Waals surface area contributed by atoms with Gasteiger partial charge in [-0.25, -0.2) is 4.98 Å². The molecule has 1 amide bonds. The third-order valence-corrected chi connectivity index (χ3v) is 6.07. The second-order valence-electron chi connectivity index (χ2n) is 7.62. The van der Waals surface area contributed by atoms with E-state index in [1.54, 1.807) is 0 Å². The van der Waals surface area contributed by atoms with Gasteiger partial charge in [0.2, 0.25) is 0 Å². The summed E-state index contributed by atoms with van der Waals surface area (Å²) >= 11 is 0. The molecule has 1 saturated carbocycles. The van der Waals surface area contributed by atoms with Crippen molar-refractivity contribution in [1.29, 1.82) is 0 Å². The van der Waals surface area contributed by atoms with Crippen molar-refractivity contribution in [3.8, 4) is 0 Å². The van der Waals surface area contributed by atoms with Gasteiger partial charge < -0.3 is 9.73 Å². The Bertz CT molecular complexity index is 785. The number of oxazole rings is 1. The summed E-state index contributed by atoms with van der Waals surface area (Å²) in [5.41, 5.74) is 2.25. The first-order chi connectivity index (χ1) is 11.7. The van der Waals surface area contributed by atoms with E-state index >= 15 is 0 Å². The Hall–Kier alpha value is -1.88. The number of nitrogens with one attached hydrogen (secondary N) is 1. The molecule has 5 nitrogen and oxygen atoms in total. The third kappa shape index (κ3) is 2.34. The second kappa shape index (κ2) is 5.31. The molecule has 4 fully saturated rings. The minimum atomic E-state index is 0.00636. The lowest BCUT2D eigenvalue weighted by molar-refractivity contribution is 0.0217. The fourth-order valence-corrected chi connectivity index (χ4v) is 4.37. The molecule has 0 radical (unpaired) electrons. The molecule has 1 aromatic carbocycles. The van der Waals surface area contributed by atoms with Crippen LogP contribution in [-0.2, 0) is 0 Å². The molecule has 2 bridgehead atoms. The van der Waals surface area contributed by atoms with Gasteiger partial charge in [0.25, 0.3) is 5.91 Å². The third-order valence-electron chi connectivity index (χ3n) is 6.07. The van der Waals surface area contributed by atoms with Crippen LogP contribution in [0.4, 0.5) is 0 Å². The zero-order chi connectivity index (χ0) is 16.3. The van der Waals surface area contributed by atoms with E-state index in [1.807, 2.05) is 18.2 Å². The lowest BCUT2D eigenvalue weighted by Gasteiger charge is -2.49. The summed E-state index contributed by atoms with van der Waals surface area (Å²) in [6, 6.07) is 6.29. The fourth-order valence-electron chi connectivity index (χ4n) is 4.37. The molecule has 126 valence electrons. The van der Waals surface area contributed by atoms with Crippen LogP contribution in [0.15, 0.2) is 22.6 Å². The molecule has 3 aliphatic heterocycles. The molecule has 2 aromatic rings. The van der Waals surface area contributed by atoms with Crippen molar-refractivity contribution < 1.29 is 9.21 Å². The Morgan fingerprint density at radius 1 is 1.25 bits per heavy atom. The predicted molar refractivity (Wildman–Crippen MR) is 91.0 cm³/mol. The van der Waals surface area contributed by atoms with Gasteiger partial charge in [-0.05, 0) is 69.8 Å². The predicted octanol–water partition coefficient (Wildman–Crippen LogP) is 2.92. The van der Waals surface area contributed by atoms with Gasteiger partial charge in [-0.3, -0.25) is 9.69 Å². The normalized spacial score (nSPS) is 32.2. The quantitative estimate of drug-likeness (QED) is 0.943. The summed E-state index contributed by atoms with van der Waals surface area (Å²) in [6.45, 7) is 4.58. The average molecular weight is 325 g/mol. The SMILES string of the molecule is C[C@H]1[C@H](NC(=O)c2ccc3nc(C4CC4)oc3c2)C2CCN1CC2. The summed E-state index contributed by atoms with van der Waals surface area (Å²) in [5, 5.41) is 3.28. The van der Waals surface area contributed by atoms with Crippen molar-refractivity contribution in [3.05, 3.63) is 29.7 Å². The topological polar surface area (TPSA) is 58.4 Å². The van der Waals surface area contributed by atoms with Crippen LogP contribution in [0.1, 0.15) is 54.8 Å². The van der Waals surface area contributed by atoms with Gasteiger partial charge in [0, 0.05) is 23.6 Å². The van der Waals surface area contributed by atoms with Gasteiger partial charge in [0.1, 0.15) is 5.52 Å². The van der Waals surface area contributed by atoms with E-state index in [9.17, 15) is 4.79 Å². The minimum absolute atomic E-state index is 0.00636. The van der Waals surface area contributed by atoms with E-state index < -0.39 is 0 Å². The zero-order valence-corrected chi connectivity index (χ0v) is 14.0. The van der Waals surface area contributed by atoms with Crippen LogP contribution >= 0.6 is 0 Å². The van der Waals surface area contributed by atoms with Crippen LogP contribution in [0.5, 0.6) is 0 Å². The molecule has 1 aromatic heterocycles. The number of rotatable bonds is 3. The Balaban J connectivity index is 1.37. The van der Waals surface area contributed by atoms with Crippen LogP contribution in [0.3, 0.4) is 0 Å². The maximum Gasteiger partial charge on any atom is 0.251 e. The van der Waals surface area contributed by atoms with E-state index in [2.05, 4.69) is 22.1 Å². The molecule has 4 heterocycles. The van der Waals surface area contributed by atoms with Crippen molar-refractivity contribution >= 4 is 17.0 Å².